The van der Waals surface area contributed by atoms with Gasteiger partial charge in [0.2, 0.25) is 5.91 Å². The normalized spacial score (nSPS) is 17.2. The number of anilines is 1. The third-order valence-corrected chi connectivity index (χ3v) is 7.28. The van der Waals surface area contributed by atoms with Gasteiger partial charge in [0.1, 0.15) is 17.3 Å². The maximum atomic E-state index is 14.6. The molecule has 37 heavy (non-hydrogen) atoms. The van der Waals surface area contributed by atoms with Crippen LogP contribution in [0.2, 0.25) is 5.02 Å². The maximum absolute atomic E-state index is 14.6. The van der Waals surface area contributed by atoms with Crippen molar-refractivity contribution in [3.8, 4) is 11.3 Å². The van der Waals surface area contributed by atoms with E-state index in [4.69, 9.17) is 11.6 Å². The molecule has 2 fully saturated rings. The summed E-state index contributed by atoms with van der Waals surface area (Å²) in [6, 6.07) is 7.20. The third-order valence-electron chi connectivity index (χ3n) is 7.00. The minimum absolute atomic E-state index is 0.0100. The zero-order valence-corrected chi connectivity index (χ0v) is 20.3. The number of nitrogens with zero attached hydrogens (tertiary/aromatic N) is 5. The molecular formula is C25H22ClF4N5O2. The van der Waals surface area contributed by atoms with Gasteiger partial charge in [-0.25, -0.2) is 14.2 Å². The second-order valence-corrected chi connectivity index (χ2v) is 9.68. The minimum Gasteiger partial charge on any atom is -0.352 e. The van der Waals surface area contributed by atoms with Gasteiger partial charge in [-0.2, -0.15) is 18.2 Å². The molecule has 0 radical (unpaired) electrons. The van der Waals surface area contributed by atoms with Gasteiger partial charge in [-0.3, -0.25) is 9.36 Å². The van der Waals surface area contributed by atoms with Crippen molar-refractivity contribution in [3.63, 3.8) is 0 Å². The van der Waals surface area contributed by atoms with Crippen molar-refractivity contribution in [1.29, 1.82) is 0 Å². The lowest BCUT2D eigenvalue weighted by molar-refractivity contribution is -0.190. The van der Waals surface area contributed by atoms with Gasteiger partial charge in [0, 0.05) is 38.3 Å². The predicted molar refractivity (Wildman–Crippen MR) is 131 cm³/mol. The van der Waals surface area contributed by atoms with E-state index < -0.39 is 29.6 Å². The number of benzene rings is 1. The van der Waals surface area contributed by atoms with E-state index in [9.17, 15) is 27.2 Å². The molecule has 194 valence electrons. The second kappa shape index (κ2) is 9.13. The molecule has 12 heteroatoms. The highest BCUT2D eigenvalue weighted by Gasteiger charge is 2.63. The van der Waals surface area contributed by atoms with Gasteiger partial charge in [-0.1, -0.05) is 30.3 Å². The van der Waals surface area contributed by atoms with E-state index in [1.165, 1.54) is 30.3 Å². The number of aromatic nitrogens is 3. The molecule has 3 heterocycles. The fourth-order valence-corrected chi connectivity index (χ4v) is 4.88. The number of hydrogen-bond donors (Lipinski definition) is 0. The molecule has 1 saturated heterocycles. The molecule has 2 aromatic heterocycles. The maximum Gasteiger partial charge on any atom is 0.396 e. The summed E-state index contributed by atoms with van der Waals surface area (Å²) in [6.07, 6.45) is -3.52. The number of piperazine rings is 1. The SMILES string of the molecule is C=CC(=O)N1CCN(c2nc(=O)n(CC3(C(F)(F)F)CC3)c3nc(-c4ccccc4F)c(Cl)cc23)CC1. The molecule has 1 amide bonds. The number of hydrogen-bond acceptors (Lipinski definition) is 5. The molecule has 5 rings (SSSR count). The van der Waals surface area contributed by atoms with Crippen LogP contribution in [0.5, 0.6) is 0 Å². The van der Waals surface area contributed by atoms with E-state index in [2.05, 4.69) is 16.5 Å². The monoisotopic (exact) mass is 535 g/mol. The van der Waals surface area contributed by atoms with Crippen molar-refractivity contribution in [2.24, 2.45) is 5.41 Å². The Morgan fingerprint density at radius 2 is 1.81 bits per heavy atom. The van der Waals surface area contributed by atoms with E-state index >= 15 is 0 Å². The average molecular weight is 536 g/mol. The molecule has 0 unspecified atom stereocenters. The Bertz CT molecular complexity index is 1460. The highest BCUT2D eigenvalue weighted by Crippen LogP contribution is 2.58. The zero-order chi connectivity index (χ0) is 26.5. The van der Waals surface area contributed by atoms with Crippen LogP contribution in [0.1, 0.15) is 12.8 Å². The highest BCUT2D eigenvalue weighted by molar-refractivity contribution is 6.33. The van der Waals surface area contributed by atoms with Crippen LogP contribution in [-0.4, -0.2) is 57.7 Å². The number of pyridine rings is 1. The number of fused-ring (bicyclic) bond motifs is 1. The molecular weight excluding hydrogens is 514 g/mol. The number of amides is 1. The summed E-state index contributed by atoms with van der Waals surface area (Å²) in [5.41, 5.74) is -2.92. The van der Waals surface area contributed by atoms with Gasteiger partial charge in [-0.05, 0) is 37.1 Å². The van der Waals surface area contributed by atoms with Gasteiger partial charge in [0.25, 0.3) is 0 Å². The topological polar surface area (TPSA) is 71.3 Å². The standard InChI is InChI=1S/C25H22ClF4N5O2/c1-2-19(36)33-9-11-34(12-10-33)21-16-13-17(26)20(15-5-3-4-6-18(15)27)31-22(16)35(23(37)32-21)14-24(7-8-24)25(28,29)30/h2-6,13H,1,7-12,14H2. The number of alkyl halides is 3. The Morgan fingerprint density at radius 1 is 1.14 bits per heavy atom. The van der Waals surface area contributed by atoms with Crippen molar-refractivity contribution < 1.29 is 22.4 Å². The van der Waals surface area contributed by atoms with E-state index in [0.29, 0.717) is 26.2 Å². The molecule has 1 aromatic carbocycles. The summed E-state index contributed by atoms with van der Waals surface area (Å²) in [5, 5.41) is 0.328. The van der Waals surface area contributed by atoms with Crippen molar-refractivity contribution in [1.82, 2.24) is 19.4 Å². The smallest absolute Gasteiger partial charge is 0.352 e. The fourth-order valence-electron chi connectivity index (χ4n) is 4.63. The summed E-state index contributed by atoms with van der Waals surface area (Å²) in [7, 11) is 0. The first-order valence-electron chi connectivity index (χ1n) is 11.6. The van der Waals surface area contributed by atoms with Gasteiger partial charge in [-0.15, -0.1) is 0 Å². The van der Waals surface area contributed by atoms with E-state index in [0.717, 1.165) is 4.57 Å². The predicted octanol–water partition coefficient (Wildman–Crippen LogP) is 4.43. The van der Waals surface area contributed by atoms with Crippen molar-refractivity contribution in [2.45, 2.75) is 25.6 Å². The van der Waals surface area contributed by atoms with E-state index in [-0.39, 0.29) is 51.9 Å². The Hall–Kier alpha value is -3.47. The van der Waals surface area contributed by atoms with Crippen molar-refractivity contribution in [2.75, 3.05) is 31.1 Å². The van der Waals surface area contributed by atoms with E-state index in [1.54, 1.807) is 15.9 Å². The highest BCUT2D eigenvalue weighted by atomic mass is 35.5. The summed E-state index contributed by atoms with van der Waals surface area (Å²) in [6.45, 7) is 4.16. The number of halogens is 5. The third kappa shape index (κ3) is 4.45. The van der Waals surface area contributed by atoms with Crippen molar-refractivity contribution in [3.05, 3.63) is 64.3 Å². The summed E-state index contributed by atoms with van der Waals surface area (Å²) < 4.78 is 56.9. The van der Waals surface area contributed by atoms with Crippen LogP contribution in [-0.2, 0) is 11.3 Å². The largest absolute Gasteiger partial charge is 0.396 e. The van der Waals surface area contributed by atoms with Crippen LogP contribution in [0.4, 0.5) is 23.4 Å². The number of rotatable bonds is 5. The minimum atomic E-state index is -4.51. The number of carbonyl (C=O) groups excluding carboxylic acids is 1. The van der Waals surface area contributed by atoms with Crippen LogP contribution >= 0.6 is 11.6 Å². The zero-order valence-electron chi connectivity index (χ0n) is 19.6. The molecule has 1 aliphatic heterocycles. The molecule has 0 spiro atoms. The molecule has 2 aliphatic rings. The van der Waals surface area contributed by atoms with Crippen LogP contribution in [0.15, 0.2) is 47.8 Å². The van der Waals surface area contributed by atoms with Gasteiger partial charge < -0.3 is 9.80 Å². The molecule has 7 nitrogen and oxygen atoms in total. The van der Waals surface area contributed by atoms with Crippen LogP contribution in [0.3, 0.4) is 0 Å². The van der Waals surface area contributed by atoms with E-state index in [1.807, 2.05) is 0 Å². The number of carbonyl (C=O) groups is 1. The van der Waals surface area contributed by atoms with Crippen LogP contribution < -0.4 is 10.6 Å². The van der Waals surface area contributed by atoms with Crippen LogP contribution in [0, 0.1) is 11.2 Å². The molecule has 0 bridgehead atoms. The lowest BCUT2D eigenvalue weighted by Crippen LogP contribution is -2.49. The van der Waals surface area contributed by atoms with Gasteiger partial charge in [0.05, 0.1) is 21.5 Å². The van der Waals surface area contributed by atoms with Gasteiger partial charge in [0.15, 0.2) is 0 Å². The molecule has 0 N–H and O–H groups in total. The first kappa shape index (κ1) is 25.2. The quantitative estimate of drug-likeness (QED) is 0.357. The summed E-state index contributed by atoms with van der Waals surface area (Å²) >= 11 is 6.51. The first-order chi connectivity index (χ1) is 17.5. The average Bonchev–Trinajstić information content (AvgIpc) is 3.67. The second-order valence-electron chi connectivity index (χ2n) is 9.27. The molecule has 3 aromatic rings. The fraction of sp³-hybridized carbons (Fsp3) is 0.360. The van der Waals surface area contributed by atoms with Crippen molar-refractivity contribution >= 4 is 34.4 Å². The first-order valence-corrected chi connectivity index (χ1v) is 12.0. The Kier molecular flexibility index (Phi) is 6.21. The lowest BCUT2D eigenvalue weighted by Gasteiger charge is -2.35. The molecule has 0 atom stereocenters. The summed E-state index contributed by atoms with van der Waals surface area (Å²) in [4.78, 5) is 37.1. The Labute approximate surface area is 214 Å². The van der Waals surface area contributed by atoms with Crippen LogP contribution in [0.25, 0.3) is 22.3 Å². The Balaban J connectivity index is 1.66. The lowest BCUT2D eigenvalue weighted by atomic mass is 10.1. The Morgan fingerprint density at radius 3 is 2.41 bits per heavy atom. The molecule has 1 aliphatic carbocycles. The molecule has 1 saturated carbocycles. The van der Waals surface area contributed by atoms with Gasteiger partial charge >= 0.3 is 11.9 Å². The summed E-state index contributed by atoms with van der Waals surface area (Å²) in [5.74, 6) is -0.640.